The molecule has 0 heterocycles. The molecule has 4 fully saturated rings. The van der Waals surface area contributed by atoms with Crippen molar-refractivity contribution >= 4 is 0 Å². The normalized spacial score (nSPS) is 38.3. The van der Waals surface area contributed by atoms with Crippen LogP contribution in [0.25, 0.3) is 0 Å². The van der Waals surface area contributed by atoms with E-state index in [2.05, 4.69) is 64.8 Å². The maximum Gasteiger partial charge on any atom is 0.0299 e. The highest BCUT2D eigenvalue weighted by molar-refractivity contribution is 5.39. The zero-order valence-corrected chi connectivity index (χ0v) is 25.5. The Bertz CT molecular complexity index is 847. The van der Waals surface area contributed by atoms with Crippen LogP contribution in [-0.2, 0) is 0 Å². The summed E-state index contributed by atoms with van der Waals surface area (Å²) in [6, 6.07) is 0. The molecule has 2 heteroatoms. The Morgan fingerprint density at radius 1 is 0.973 bits per heavy atom. The first kappa shape index (κ1) is 29.0. The molecule has 2 nitrogen and oxygen atoms in total. The molecule has 4 rings (SSSR count). The van der Waals surface area contributed by atoms with Gasteiger partial charge in [-0.1, -0.05) is 64.3 Å². The SMILES string of the molecule is C=C(NCCCNCCC)/C(CCC=C(C)C)=C1\C(C)CC2(C)C1CCC1C2CCC2CCCCC21C. The van der Waals surface area contributed by atoms with Crippen molar-refractivity contribution in [1.29, 1.82) is 0 Å². The van der Waals surface area contributed by atoms with Crippen molar-refractivity contribution in [2.45, 2.75) is 125 Å². The van der Waals surface area contributed by atoms with Crippen LogP contribution in [0.15, 0.2) is 35.1 Å². The van der Waals surface area contributed by atoms with Crippen LogP contribution in [0.2, 0.25) is 0 Å². The fraction of sp³-hybridized carbons (Fsp3) is 0.829. The summed E-state index contributed by atoms with van der Waals surface area (Å²) in [5.41, 5.74) is 7.17. The van der Waals surface area contributed by atoms with E-state index in [9.17, 15) is 0 Å². The Morgan fingerprint density at radius 3 is 2.49 bits per heavy atom. The molecule has 0 aliphatic heterocycles. The summed E-state index contributed by atoms with van der Waals surface area (Å²) in [5.74, 6) is 4.35. The first-order chi connectivity index (χ1) is 17.7. The minimum absolute atomic E-state index is 0.481. The van der Waals surface area contributed by atoms with Crippen LogP contribution in [-0.4, -0.2) is 19.6 Å². The van der Waals surface area contributed by atoms with Crippen molar-refractivity contribution in [2.24, 2.45) is 40.4 Å². The summed E-state index contributed by atoms with van der Waals surface area (Å²) >= 11 is 0. The lowest BCUT2D eigenvalue weighted by Crippen LogP contribution is -2.53. The van der Waals surface area contributed by atoms with Gasteiger partial charge >= 0.3 is 0 Å². The van der Waals surface area contributed by atoms with E-state index in [1.807, 2.05) is 0 Å². The average molecular weight is 509 g/mol. The molecule has 0 amide bonds. The Kier molecular flexibility index (Phi) is 9.74. The van der Waals surface area contributed by atoms with Crippen molar-refractivity contribution in [2.75, 3.05) is 19.6 Å². The van der Waals surface area contributed by atoms with Gasteiger partial charge in [0.15, 0.2) is 0 Å². The van der Waals surface area contributed by atoms with E-state index in [1.165, 1.54) is 75.5 Å². The Morgan fingerprint density at radius 2 is 1.73 bits per heavy atom. The van der Waals surface area contributed by atoms with Crippen molar-refractivity contribution in [3.05, 3.63) is 35.1 Å². The Hall–Kier alpha value is -1.02. The van der Waals surface area contributed by atoms with Crippen molar-refractivity contribution in [3.63, 3.8) is 0 Å². The molecule has 0 aromatic heterocycles. The van der Waals surface area contributed by atoms with Gasteiger partial charge in [0, 0.05) is 12.2 Å². The molecule has 37 heavy (non-hydrogen) atoms. The topological polar surface area (TPSA) is 24.1 Å². The average Bonchev–Trinajstić information content (AvgIpc) is 3.13. The number of allylic oxidation sites excluding steroid dienone is 4. The molecular formula is C35H60N2. The van der Waals surface area contributed by atoms with E-state index in [4.69, 9.17) is 0 Å². The van der Waals surface area contributed by atoms with Gasteiger partial charge in [0.25, 0.3) is 0 Å². The second-order valence-electron chi connectivity index (χ2n) is 14.2. The second-order valence-corrected chi connectivity index (χ2v) is 14.2. The summed E-state index contributed by atoms with van der Waals surface area (Å²) in [6.45, 7) is 22.6. The van der Waals surface area contributed by atoms with Gasteiger partial charge < -0.3 is 10.6 Å². The Balaban J connectivity index is 1.56. The standard InChI is InChI=1S/C35H60N2/c1-8-21-36-22-12-23-37-27(5)29(15-11-13-25(2)3)33-26(4)24-35(7)31-17-16-28-14-9-10-20-34(28,6)30(31)18-19-32(33)35/h13,26,28,30-32,36-37H,5,8-12,14-24H2,1-4,6-7H3/b33-29+. The molecule has 4 saturated carbocycles. The van der Waals surface area contributed by atoms with E-state index in [-0.39, 0.29) is 0 Å². The van der Waals surface area contributed by atoms with E-state index in [1.54, 1.807) is 11.1 Å². The monoisotopic (exact) mass is 508 g/mol. The van der Waals surface area contributed by atoms with Gasteiger partial charge in [0.1, 0.15) is 0 Å². The first-order valence-electron chi connectivity index (χ1n) is 16.2. The fourth-order valence-electron chi connectivity index (χ4n) is 9.95. The highest BCUT2D eigenvalue weighted by Crippen LogP contribution is 2.69. The molecule has 0 saturated heterocycles. The van der Waals surface area contributed by atoms with Gasteiger partial charge in [-0.05, 0) is 144 Å². The molecule has 4 aliphatic carbocycles. The zero-order chi connectivity index (χ0) is 26.6. The smallest absolute Gasteiger partial charge is 0.0299 e. The maximum atomic E-state index is 4.66. The minimum atomic E-state index is 0.481. The fourth-order valence-corrected chi connectivity index (χ4v) is 9.95. The van der Waals surface area contributed by atoms with Gasteiger partial charge in [-0.15, -0.1) is 0 Å². The van der Waals surface area contributed by atoms with Crippen LogP contribution >= 0.6 is 0 Å². The third-order valence-corrected chi connectivity index (χ3v) is 11.6. The van der Waals surface area contributed by atoms with Gasteiger partial charge in [0.2, 0.25) is 0 Å². The van der Waals surface area contributed by atoms with E-state index in [0.29, 0.717) is 16.7 Å². The van der Waals surface area contributed by atoms with E-state index >= 15 is 0 Å². The van der Waals surface area contributed by atoms with Gasteiger partial charge in [0.05, 0.1) is 0 Å². The quantitative estimate of drug-likeness (QED) is 0.215. The lowest BCUT2D eigenvalue weighted by atomic mass is 9.44. The molecule has 7 atom stereocenters. The molecule has 0 aromatic carbocycles. The number of rotatable bonds is 11. The molecule has 7 unspecified atom stereocenters. The maximum absolute atomic E-state index is 4.66. The first-order valence-corrected chi connectivity index (χ1v) is 16.2. The zero-order valence-electron chi connectivity index (χ0n) is 25.5. The highest BCUT2D eigenvalue weighted by atomic mass is 14.9. The van der Waals surface area contributed by atoms with Crippen LogP contribution in [0.4, 0.5) is 0 Å². The largest absolute Gasteiger partial charge is 0.385 e. The van der Waals surface area contributed by atoms with Crippen LogP contribution < -0.4 is 10.6 Å². The number of nitrogens with one attached hydrogen (secondary N) is 2. The van der Waals surface area contributed by atoms with Crippen molar-refractivity contribution in [3.8, 4) is 0 Å². The number of hydrogen-bond acceptors (Lipinski definition) is 2. The third kappa shape index (κ3) is 5.95. The molecule has 0 radical (unpaired) electrons. The minimum Gasteiger partial charge on any atom is -0.385 e. The summed E-state index contributed by atoms with van der Waals surface area (Å²) in [6.07, 6.45) is 20.3. The molecule has 2 N–H and O–H groups in total. The third-order valence-electron chi connectivity index (χ3n) is 11.6. The molecule has 0 aromatic rings. The van der Waals surface area contributed by atoms with Crippen LogP contribution in [0.1, 0.15) is 125 Å². The summed E-state index contributed by atoms with van der Waals surface area (Å²) < 4.78 is 0. The highest BCUT2D eigenvalue weighted by Gasteiger charge is 2.60. The van der Waals surface area contributed by atoms with Crippen molar-refractivity contribution in [1.82, 2.24) is 10.6 Å². The van der Waals surface area contributed by atoms with Gasteiger partial charge in [-0.2, -0.15) is 0 Å². The lowest BCUT2D eigenvalue weighted by Gasteiger charge is -2.61. The van der Waals surface area contributed by atoms with Crippen molar-refractivity contribution < 1.29 is 0 Å². The molecule has 210 valence electrons. The van der Waals surface area contributed by atoms with Crippen LogP contribution in [0, 0.1) is 40.4 Å². The van der Waals surface area contributed by atoms with E-state index < -0.39 is 0 Å². The van der Waals surface area contributed by atoms with Crippen LogP contribution in [0.3, 0.4) is 0 Å². The summed E-state index contributed by atoms with van der Waals surface area (Å²) in [4.78, 5) is 0. The lowest BCUT2D eigenvalue weighted by molar-refractivity contribution is -0.114. The number of hydrogen-bond donors (Lipinski definition) is 2. The molecule has 4 aliphatic rings. The second kappa shape index (κ2) is 12.4. The summed E-state index contributed by atoms with van der Waals surface area (Å²) in [5, 5.41) is 7.34. The van der Waals surface area contributed by atoms with Gasteiger partial charge in [-0.3, -0.25) is 0 Å². The summed E-state index contributed by atoms with van der Waals surface area (Å²) in [7, 11) is 0. The van der Waals surface area contributed by atoms with E-state index in [0.717, 1.165) is 62.6 Å². The Labute approximate surface area is 230 Å². The van der Waals surface area contributed by atoms with Crippen LogP contribution in [0.5, 0.6) is 0 Å². The predicted molar refractivity (Wildman–Crippen MR) is 162 cm³/mol. The predicted octanol–water partition coefficient (Wildman–Crippen LogP) is 9.20. The molecule has 0 spiro atoms. The molecule has 0 bridgehead atoms. The number of fused-ring (bicyclic) bond motifs is 5. The van der Waals surface area contributed by atoms with Gasteiger partial charge in [-0.25, -0.2) is 0 Å². The molecular weight excluding hydrogens is 448 g/mol.